The Kier molecular flexibility index (Phi) is 6.16. The van der Waals surface area contributed by atoms with Crippen LogP contribution in [-0.4, -0.2) is 16.6 Å². The molecule has 0 amide bonds. The molecule has 0 unspecified atom stereocenters. The summed E-state index contributed by atoms with van der Waals surface area (Å²) < 4.78 is 1.73. The van der Waals surface area contributed by atoms with E-state index in [0.29, 0.717) is 32.8 Å². The summed E-state index contributed by atoms with van der Waals surface area (Å²) in [6, 6.07) is 10.5. The molecule has 1 aromatic carbocycles. The Morgan fingerprint density at radius 1 is 1.22 bits per heavy atom. The maximum absolute atomic E-state index is 10.7. The molecule has 2 aromatic rings. The number of halogens is 2. The molecule has 2 rings (SSSR count). The van der Waals surface area contributed by atoms with Crippen molar-refractivity contribution in [2.75, 3.05) is 6.54 Å². The Balaban J connectivity index is 2.56. The fraction of sp³-hybridized carbons (Fsp3) is 0.0588. The third-order valence-corrected chi connectivity index (χ3v) is 4.09. The lowest BCUT2D eigenvalue weighted by Gasteiger charge is -2.09. The van der Waals surface area contributed by atoms with E-state index in [1.807, 2.05) is 18.2 Å². The van der Waals surface area contributed by atoms with Gasteiger partial charge in [0.2, 0.25) is 0 Å². The van der Waals surface area contributed by atoms with Crippen molar-refractivity contribution >= 4 is 51.9 Å². The lowest BCUT2D eigenvalue weighted by atomic mass is 10.1. The summed E-state index contributed by atoms with van der Waals surface area (Å²) in [6.45, 7) is 4.14. The van der Waals surface area contributed by atoms with Crippen molar-refractivity contribution in [2.24, 2.45) is 0 Å². The van der Waals surface area contributed by atoms with E-state index in [1.165, 1.54) is 0 Å². The standard InChI is InChI=1S/C17H14Cl2N2OS/c1-2-8-20-17(23)15(21-9-4-3-5-10-21)16(22)12-6-7-13(18)14(19)11-12/h2-7,9-11H,1,8H2,(H-,20,22,23)/p+1. The molecule has 6 heteroatoms. The molecule has 1 heterocycles. The largest absolute Gasteiger partial charge is 0.502 e. The first-order chi connectivity index (χ1) is 11.0. The van der Waals surface area contributed by atoms with Crippen molar-refractivity contribution in [1.82, 2.24) is 5.32 Å². The van der Waals surface area contributed by atoms with Crippen molar-refractivity contribution in [3.63, 3.8) is 0 Å². The lowest BCUT2D eigenvalue weighted by molar-refractivity contribution is -0.576. The quantitative estimate of drug-likeness (QED) is 0.273. The molecule has 0 saturated carbocycles. The number of hydrogen-bond acceptors (Lipinski definition) is 2. The summed E-state index contributed by atoms with van der Waals surface area (Å²) in [5.74, 6) is 0.00123. The predicted octanol–water partition coefficient (Wildman–Crippen LogP) is 4.27. The summed E-state index contributed by atoms with van der Waals surface area (Å²) in [5.41, 5.74) is 0.967. The Morgan fingerprint density at radius 3 is 2.52 bits per heavy atom. The number of benzene rings is 1. The average molecular weight is 366 g/mol. The van der Waals surface area contributed by atoms with E-state index in [-0.39, 0.29) is 5.76 Å². The van der Waals surface area contributed by atoms with Gasteiger partial charge in [-0.3, -0.25) is 0 Å². The van der Waals surface area contributed by atoms with Crippen LogP contribution in [0, 0.1) is 0 Å². The van der Waals surface area contributed by atoms with Gasteiger partial charge >= 0.3 is 0 Å². The molecular formula is C17H15Cl2N2OS+. The highest BCUT2D eigenvalue weighted by atomic mass is 35.5. The van der Waals surface area contributed by atoms with Crippen molar-refractivity contribution in [2.45, 2.75) is 0 Å². The van der Waals surface area contributed by atoms with Gasteiger partial charge in [-0.25, -0.2) is 0 Å². The van der Waals surface area contributed by atoms with Gasteiger partial charge in [-0.2, -0.15) is 4.57 Å². The van der Waals surface area contributed by atoms with Gasteiger partial charge in [0.25, 0.3) is 5.70 Å². The van der Waals surface area contributed by atoms with Gasteiger partial charge in [0.1, 0.15) is 0 Å². The predicted molar refractivity (Wildman–Crippen MR) is 99.6 cm³/mol. The van der Waals surface area contributed by atoms with Gasteiger partial charge in [0.15, 0.2) is 23.1 Å². The van der Waals surface area contributed by atoms with E-state index < -0.39 is 0 Å². The molecule has 0 bridgehead atoms. The van der Waals surface area contributed by atoms with Gasteiger partial charge in [0.05, 0.1) is 10.0 Å². The molecule has 2 N–H and O–H groups in total. The summed E-state index contributed by atoms with van der Waals surface area (Å²) in [4.78, 5) is 0.393. The molecule has 0 atom stereocenters. The summed E-state index contributed by atoms with van der Waals surface area (Å²) in [7, 11) is 0. The molecule has 0 aliphatic carbocycles. The minimum atomic E-state index is 0.00123. The monoisotopic (exact) mass is 365 g/mol. The fourth-order valence-corrected chi connectivity index (χ4v) is 2.51. The zero-order valence-electron chi connectivity index (χ0n) is 12.2. The summed E-state index contributed by atoms with van der Waals surface area (Å²) in [5, 5.41) is 14.5. The lowest BCUT2D eigenvalue weighted by Crippen LogP contribution is -2.40. The van der Waals surface area contributed by atoms with E-state index in [1.54, 1.807) is 41.2 Å². The number of hydrogen-bond donors (Lipinski definition) is 2. The number of thiocarbonyl (C=S) groups is 1. The van der Waals surface area contributed by atoms with Crippen LogP contribution >= 0.6 is 35.4 Å². The third kappa shape index (κ3) is 4.32. The van der Waals surface area contributed by atoms with Gasteiger partial charge in [-0.1, -0.05) is 47.6 Å². The Morgan fingerprint density at radius 2 is 1.91 bits per heavy atom. The molecule has 0 aliphatic rings. The fourth-order valence-electron chi connectivity index (χ4n) is 1.92. The van der Waals surface area contributed by atoms with E-state index in [0.717, 1.165) is 0 Å². The van der Waals surface area contributed by atoms with Gasteiger partial charge in [-0.05, 0) is 18.2 Å². The number of nitrogens with zero attached hydrogens (tertiary/aromatic N) is 1. The Bertz CT molecular complexity index is 760. The van der Waals surface area contributed by atoms with Crippen LogP contribution in [-0.2, 0) is 0 Å². The highest BCUT2D eigenvalue weighted by Crippen LogP contribution is 2.26. The number of rotatable bonds is 5. The van der Waals surface area contributed by atoms with Crippen LogP contribution in [0.4, 0.5) is 0 Å². The summed E-state index contributed by atoms with van der Waals surface area (Å²) >= 11 is 17.4. The topological polar surface area (TPSA) is 36.1 Å². The van der Waals surface area contributed by atoms with Crippen molar-refractivity contribution < 1.29 is 9.67 Å². The second-order valence-corrected chi connectivity index (χ2v) is 5.83. The SMILES string of the molecule is C=CCNC(=S)/C(=C(\O)c1ccc(Cl)c(Cl)c1)[n+]1ccccc1. The molecule has 0 saturated heterocycles. The van der Waals surface area contributed by atoms with E-state index >= 15 is 0 Å². The number of nitrogens with one attached hydrogen (secondary N) is 1. The molecule has 0 fully saturated rings. The van der Waals surface area contributed by atoms with Crippen molar-refractivity contribution in [3.05, 3.63) is 77.1 Å². The number of aromatic nitrogens is 1. The van der Waals surface area contributed by atoms with Crippen LogP contribution in [0.5, 0.6) is 0 Å². The van der Waals surface area contributed by atoms with Gasteiger partial charge in [0, 0.05) is 24.2 Å². The number of aliphatic hydroxyl groups is 1. The first kappa shape index (κ1) is 17.5. The molecule has 1 aromatic heterocycles. The highest BCUT2D eigenvalue weighted by Gasteiger charge is 2.23. The van der Waals surface area contributed by atoms with Crippen molar-refractivity contribution in [3.8, 4) is 0 Å². The number of pyridine rings is 1. The minimum Gasteiger partial charge on any atom is -0.502 e. The zero-order valence-corrected chi connectivity index (χ0v) is 14.5. The Hall–Kier alpha value is -1.88. The number of aliphatic hydroxyl groups excluding tert-OH is 1. The molecule has 118 valence electrons. The molecule has 3 nitrogen and oxygen atoms in total. The van der Waals surface area contributed by atoms with Crippen LogP contribution in [0.15, 0.2) is 61.4 Å². The molecule has 0 aliphatic heterocycles. The molecule has 0 radical (unpaired) electrons. The molecule has 23 heavy (non-hydrogen) atoms. The minimum absolute atomic E-state index is 0.00123. The smallest absolute Gasteiger partial charge is 0.287 e. The second-order valence-electron chi connectivity index (χ2n) is 4.61. The third-order valence-electron chi connectivity index (χ3n) is 3.01. The van der Waals surface area contributed by atoms with E-state index in [9.17, 15) is 5.11 Å². The van der Waals surface area contributed by atoms with Gasteiger partial charge < -0.3 is 10.4 Å². The molecule has 0 spiro atoms. The van der Waals surface area contributed by atoms with Crippen LogP contribution in [0.25, 0.3) is 11.5 Å². The highest BCUT2D eigenvalue weighted by molar-refractivity contribution is 7.81. The van der Waals surface area contributed by atoms with Crippen LogP contribution in [0.2, 0.25) is 10.0 Å². The van der Waals surface area contributed by atoms with Gasteiger partial charge in [-0.15, -0.1) is 6.58 Å². The molecular weight excluding hydrogens is 351 g/mol. The first-order valence-electron chi connectivity index (χ1n) is 6.79. The van der Waals surface area contributed by atoms with Crippen LogP contribution < -0.4 is 9.88 Å². The average Bonchev–Trinajstić information content (AvgIpc) is 2.56. The van der Waals surface area contributed by atoms with E-state index in [2.05, 4.69) is 11.9 Å². The zero-order chi connectivity index (χ0) is 16.8. The summed E-state index contributed by atoms with van der Waals surface area (Å²) in [6.07, 6.45) is 5.28. The second kappa shape index (κ2) is 8.11. The van der Waals surface area contributed by atoms with Crippen molar-refractivity contribution in [1.29, 1.82) is 0 Å². The van der Waals surface area contributed by atoms with Crippen LogP contribution in [0.1, 0.15) is 5.56 Å². The Labute approximate surface area is 150 Å². The maximum Gasteiger partial charge on any atom is 0.287 e. The normalized spacial score (nSPS) is 11.6. The van der Waals surface area contributed by atoms with E-state index in [4.69, 9.17) is 35.4 Å². The van der Waals surface area contributed by atoms with Crippen LogP contribution in [0.3, 0.4) is 0 Å². The maximum atomic E-state index is 10.7. The first-order valence-corrected chi connectivity index (χ1v) is 7.95.